The maximum Gasteiger partial charge on any atom is 0.271 e. The molecule has 20 heavy (non-hydrogen) atoms. The number of hydrogen-bond acceptors (Lipinski definition) is 4. The second-order valence-corrected chi connectivity index (χ2v) is 4.93. The number of nitrogens with one attached hydrogen (secondary N) is 1. The number of furan rings is 1. The van der Waals surface area contributed by atoms with Crippen LogP contribution in [0.5, 0.6) is 0 Å². The molecule has 0 aliphatic carbocycles. The zero-order chi connectivity index (χ0) is 14.2. The molecule has 0 aliphatic heterocycles. The van der Waals surface area contributed by atoms with Crippen LogP contribution in [0.25, 0.3) is 0 Å². The molecule has 0 fully saturated rings. The van der Waals surface area contributed by atoms with Gasteiger partial charge in [-0.3, -0.25) is 4.79 Å². The first-order valence-corrected chi connectivity index (χ1v) is 7.05. The molecule has 0 saturated carbocycles. The quantitative estimate of drug-likeness (QED) is 0.788. The van der Waals surface area contributed by atoms with E-state index < -0.39 is 0 Å². The number of halogens is 1. The number of aromatic nitrogens is 1. The lowest BCUT2D eigenvalue weighted by atomic mass is 10.3. The molecule has 2 aromatic heterocycles. The second kappa shape index (κ2) is 7.81. The molecule has 6 heteroatoms. The van der Waals surface area contributed by atoms with E-state index in [-0.39, 0.29) is 5.91 Å². The Kier molecular flexibility index (Phi) is 5.76. The van der Waals surface area contributed by atoms with Crippen molar-refractivity contribution in [3.05, 3.63) is 52.7 Å². The predicted molar refractivity (Wildman–Crippen MR) is 77.3 cm³/mol. The van der Waals surface area contributed by atoms with Gasteiger partial charge in [-0.15, -0.1) is 0 Å². The van der Waals surface area contributed by atoms with Crippen LogP contribution in [0.3, 0.4) is 0 Å². The van der Waals surface area contributed by atoms with Crippen LogP contribution in [-0.4, -0.2) is 24.0 Å². The van der Waals surface area contributed by atoms with E-state index in [4.69, 9.17) is 9.15 Å². The summed E-state index contributed by atoms with van der Waals surface area (Å²) >= 11 is 3.29. The van der Waals surface area contributed by atoms with Gasteiger partial charge in [-0.1, -0.05) is 0 Å². The molecule has 1 N–H and O–H groups in total. The van der Waals surface area contributed by atoms with E-state index in [9.17, 15) is 4.79 Å². The van der Waals surface area contributed by atoms with E-state index in [1.165, 1.54) is 0 Å². The summed E-state index contributed by atoms with van der Waals surface area (Å²) < 4.78 is 11.2. The molecule has 2 rings (SSSR count). The van der Waals surface area contributed by atoms with Crippen molar-refractivity contribution in [2.45, 2.75) is 13.0 Å². The second-order valence-electron chi connectivity index (χ2n) is 4.08. The van der Waals surface area contributed by atoms with Crippen LogP contribution >= 0.6 is 15.9 Å². The minimum absolute atomic E-state index is 0.191. The lowest BCUT2D eigenvalue weighted by Gasteiger charge is -2.06. The van der Waals surface area contributed by atoms with Crippen LogP contribution in [0.1, 0.15) is 22.7 Å². The van der Waals surface area contributed by atoms with Gasteiger partial charge in [0.15, 0.2) is 0 Å². The van der Waals surface area contributed by atoms with Crippen LogP contribution in [0.2, 0.25) is 0 Å². The average molecular weight is 339 g/mol. The molecule has 0 aliphatic rings. The molecule has 0 spiro atoms. The molecule has 5 nitrogen and oxygen atoms in total. The highest BCUT2D eigenvalue weighted by Crippen LogP contribution is 2.12. The summed E-state index contributed by atoms with van der Waals surface area (Å²) in [5.74, 6) is 0.606. The Morgan fingerprint density at radius 1 is 1.40 bits per heavy atom. The van der Waals surface area contributed by atoms with Gasteiger partial charge in [0, 0.05) is 23.8 Å². The first-order valence-electron chi connectivity index (χ1n) is 6.26. The maximum atomic E-state index is 11.8. The number of carbonyl (C=O) groups is 1. The van der Waals surface area contributed by atoms with Gasteiger partial charge in [0.1, 0.15) is 18.1 Å². The van der Waals surface area contributed by atoms with E-state index in [0.29, 0.717) is 29.9 Å². The van der Waals surface area contributed by atoms with Gasteiger partial charge >= 0.3 is 0 Å². The van der Waals surface area contributed by atoms with Crippen molar-refractivity contribution >= 4 is 21.8 Å². The molecule has 2 heterocycles. The highest BCUT2D eigenvalue weighted by molar-refractivity contribution is 9.10. The lowest BCUT2D eigenvalue weighted by molar-refractivity contribution is 0.0912. The van der Waals surface area contributed by atoms with Gasteiger partial charge in [0.05, 0.1) is 6.26 Å². The smallest absolute Gasteiger partial charge is 0.271 e. The van der Waals surface area contributed by atoms with Crippen molar-refractivity contribution in [1.29, 1.82) is 0 Å². The zero-order valence-electron chi connectivity index (χ0n) is 10.8. The van der Waals surface area contributed by atoms with Gasteiger partial charge < -0.3 is 14.5 Å². The molecule has 0 bridgehead atoms. The van der Waals surface area contributed by atoms with E-state index in [0.717, 1.165) is 12.2 Å². The fourth-order valence-corrected chi connectivity index (χ4v) is 2.02. The molecular formula is C14H15BrN2O3. The topological polar surface area (TPSA) is 64.4 Å². The largest absolute Gasteiger partial charge is 0.467 e. The number of nitrogens with zero attached hydrogens (tertiary/aromatic N) is 1. The zero-order valence-corrected chi connectivity index (χ0v) is 12.4. The molecule has 0 unspecified atom stereocenters. The molecule has 106 valence electrons. The summed E-state index contributed by atoms with van der Waals surface area (Å²) in [5, 5.41) is 2.80. The third-order valence-corrected chi connectivity index (χ3v) is 3.19. The molecule has 1 amide bonds. The Bertz CT molecular complexity index is 543. The number of pyridine rings is 1. The number of hydrogen-bond donors (Lipinski definition) is 1. The van der Waals surface area contributed by atoms with E-state index in [2.05, 4.69) is 26.2 Å². The van der Waals surface area contributed by atoms with Crippen molar-refractivity contribution in [2.24, 2.45) is 0 Å². The SMILES string of the molecule is O=C(NCCCOCc1ccco1)c1ncccc1Br. The monoisotopic (exact) mass is 338 g/mol. The Balaban J connectivity index is 1.61. The minimum atomic E-state index is -0.191. The van der Waals surface area contributed by atoms with E-state index in [1.807, 2.05) is 12.1 Å². The molecule has 0 radical (unpaired) electrons. The Morgan fingerprint density at radius 2 is 2.30 bits per heavy atom. The van der Waals surface area contributed by atoms with Crippen molar-refractivity contribution in [3.8, 4) is 0 Å². The van der Waals surface area contributed by atoms with Gasteiger partial charge in [-0.05, 0) is 46.6 Å². The number of ether oxygens (including phenoxy) is 1. The Labute approximate surface area is 125 Å². The highest BCUT2D eigenvalue weighted by atomic mass is 79.9. The summed E-state index contributed by atoms with van der Waals surface area (Å²) in [6.45, 7) is 1.55. The normalized spacial score (nSPS) is 10.4. The molecular weight excluding hydrogens is 324 g/mol. The van der Waals surface area contributed by atoms with E-state index >= 15 is 0 Å². The number of rotatable bonds is 7. The summed E-state index contributed by atoms with van der Waals surface area (Å²) in [6, 6.07) is 7.24. The van der Waals surface area contributed by atoms with Crippen LogP contribution in [0, 0.1) is 0 Å². The predicted octanol–water partition coefficient (Wildman–Crippen LogP) is 2.77. The van der Waals surface area contributed by atoms with E-state index in [1.54, 1.807) is 24.6 Å². The van der Waals surface area contributed by atoms with Crippen LogP contribution in [0.15, 0.2) is 45.6 Å². The Hall–Kier alpha value is -1.66. The van der Waals surface area contributed by atoms with Crippen molar-refractivity contribution in [3.63, 3.8) is 0 Å². The van der Waals surface area contributed by atoms with Gasteiger partial charge in [-0.25, -0.2) is 4.98 Å². The number of carbonyl (C=O) groups excluding carboxylic acids is 1. The maximum absolute atomic E-state index is 11.8. The van der Waals surface area contributed by atoms with Crippen molar-refractivity contribution < 1.29 is 13.9 Å². The number of amides is 1. The Morgan fingerprint density at radius 3 is 3.05 bits per heavy atom. The van der Waals surface area contributed by atoms with Crippen molar-refractivity contribution in [1.82, 2.24) is 10.3 Å². The fourth-order valence-electron chi connectivity index (χ4n) is 1.58. The van der Waals surface area contributed by atoms with Crippen LogP contribution in [0.4, 0.5) is 0 Å². The van der Waals surface area contributed by atoms with Crippen molar-refractivity contribution in [2.75, 3.05) is 13.2 Å². The van der Waals surface area contributed by atoms with Gasteiger partial charge in [0.25, 0.3) is 5.91 Å². The molecule has 2 aromatic rings. The fraction of sp³-hybridized carbons (Fsp3) is 0.286. The van der Waals surface area contributed by atoms with Crippen LogP contribution in [-0.2, 0) is 11.3 Å². The van der Waals surface area contributed by atoms with Gasteiger partial charge in [0.2, 0.25) is 0 Å². The average Bonchev–Trinajstić information content (AvgIpc) is 2.96. The lowest BCUT2D eigenvalue weighted by Crippen LogP contribution is -2.26. The first kappa shape index (κ1) is 14.7. The first-order chi connectivity index (χ1) is 9.77. The minimum Gasteiger partial charge on any atom is -0.467 e. The highest BCUT2D eigenvalue weighted by Gasteiger charge is 2.09. The summed E-state index contributed by atoms with van der Waals surface area (Å²) in [7, 11) is 0. The molecule has 0 atom stereocenters. The summed E-state index contributed by atoms with van der Waals surface area (Å²) in [4.78, 5) is 15.8. The summed E-state index contributed by atoms with van der Waals surface area (Å²) in [6.07, 6.45) is 3.94. The molecule has 0 aromatic carbocycles. The molecule has 0 saturated heterocycles. The third-order valence-electron chi connectivity index (χ3n) is 2.55. The third kappa shape index (κ3) is 4.47. The standard InChI is InChI=1S/C14H15BrN2O3/c15-12-5-1-6-16-13(12)14(18)17-7-3-8-19-10-11-4-2-9-20-11/h1-2,4-6,9H,3,7-8,10H2,(H,17,18). The van der Waals surface area contributed by atoms with Gasteiger partial charge in [-0.2, -0.15) is 0 Å². The summed E-state index contributed by atoms with van der Waals surface area (Å²) in [5.41, 5.74) is 0.393. The van der Waals surface area contributed by atoms with Crippen LogP contribution < -0.4 is 5.32 Å².